The van der Waals surface area contributed by atoms with Crippen molar-refractivity contribution >= 4 is 5.91 Å². The predicted octanol–water partition coefficient (Wildman–Crippen LogP) is 2.16. The molecular weight excluding hydrogens is 294 g/mol. The molecule has 1 aliphatic heterocycles. The highest BCUT2D eigenvalue weighted by Crippen LogP contribution is 2.19. The van der Waals surface area contributed by atoms with E-state index in [1.54, 1.807) is 11.0 Å². The molecule has 1 aliphatic rings. The predicted molar refractivity (Wildman–Crippen MR) is 88.2 cm³/mol. The van der Waals surface area contributed by atoms with Crippen molar-refractivity contribution in [1.29, 1.82) is 0 Å². The minimum absolute atomic E-state index is 0.0154. The van der Waals surface area contributed by atoms with Crippen molar-refractivity contribution < 1.29 is 14.3 Å². The van der Waals surface area contributed by atoms with Crippen LogP contribution < -0.4 is 4.74 Å². The Morgan fingerprint density at radius 2 is 2.22 bits per heavy atom. The van der Waals surface area contributed by atoms with Gasteiger partial charge in [-0.2, -0.15) is 0 Å². The van der Waals surface area contributed by atoms with Crippen LogP contribution in [0.25, 0.3) is 0 Å². The Balaban J connectivity index is 1.94. The fraction of sp³-hybridized carbons (Fsp3) is 0.529. The molecule has 1 aromatic rings. The first-order valence-electron chi connectivity index (χ1n) is 8.04. The van der Waals surface area contributed by atoms with E-state index in [1.165, 1.54) is 0 Å². The second-order valence-electron chi connectivity index (χ2n) is 5.33. The number of nitrogens with zero attached hydrogens (tertiary/aromatic N) is 3. The van der Waals surface area contributed by atoms with Crippen molar-refractivity contribution in [1.82, 2.24) is 14.7 Å². The first-order chi connectivity index (χ1) is 11.2. The number of allylic oxidation sites excluding steroid dienone is 1. The molecule has 0 aromatic carbocycles. The Morgan fingerprint density at radius 3 is 2.91 bits per heavy atom. The highest BCUT2D eigenvalue weighted by Gasteiger charge is 2.22. The first-order valence-corrected chi connectivity index (χ1v) is 8.04. The van der Waals surface area contributed by atoms with E-state index in [0.29, 0.717) is 38.7 Å². The van der Waals surface area contributed by atoms with Gasteiger partial charge >= 0.3 is 0 Å². The van der Waals surface area contributed by atoms with E-state index in [1.807, 2.05) is 17.7 Å². The number of hydrogen-bond acceptors (Lipinski definition) is 4. The number of fused-ring (bicyclic) bond motifs is 1. The van der Waals surface area contributed by atoms with Crippen LogP contribution >= 0.6 is 0 Å². The topological polar surface area (TPSA) is 56.6 Å². The van der Waals surface area contributed by atoms with Crippen molar-refractivity contribution in [2.45, 2.75) is 33.4 Å². The van der Waals surface area contributed by atoms with Gasteiger partial charge in [0.2, 0.25) is 11.8 Å². The maximum atomic E-state index is 12.0. The molecule has 1 aromatic heterocycles. The zero-order chi connectivity index (χ0) is 16.7. The second-order valence-corrected chi connectivity index (χ2v) is 5.33. The Kier molecular flexibility index (Phi) is 6.40. The number of aromatic nitrogens is 2. The molecule has 6 heteroatoms. The number of rotatable bonds is 8. The molecule has 6 nitrogen and oxygen atoms in total. The maximum absolute atomic E-state index is 12.0. The summed E-state index contributed by atoms with van der Waals surface area (Å²) < 4.78 is 12.8. The lowest BCUT2D eigenvalue weighted by molar-refractivity contribution is -0.137. The molecule has 0 N–H and O–H groups in total. The summed E-state index contributed by atoms with van der Waals surface area (Å²) in [6, 6.07) is 1.90. The standard InChI is InChI=1S/C17H25N3O3/c1-4-7-14(5-2)12-23-16-10-15-11-19(8-9-20(15)18-16)17(21)13-22-6-3/h5,7,10H,2,4,6,8-9,11-13H2,1,3H3/b14-7+. The van der Waals surface area contributed by atoms with Crippen LogP contribution in [0, 0.1) is 0 Å². The molecule has 0 spiro atoms. The van der Waals surface area contributed by atoms with Crippen molar-refractivity contribution in [3.8, 4) is 5.88 Å². The third kappa shape index (κ3) is 4.69. The third-order valence-electron chi connectivity index (χ3n) is 3.67. The number of ether oxygens (including phenoxy) is 2. The number of carbonyl (C=O) groups excluding carboxylic acids is 1. The minimum atomic E-state index is 0.0154. The van der Waals surface area contributed by atoms with Crippen LogP contribution in [-0.2, 0) is 22.6 Å². The molecule has 0 saturated heterocycles. The van der Waals surface area contributed by atoms with Crippen molar-refractivity contribution in [3.63, 3.8) is 0 Å². The first kappa shape index (κ1) is 17.3. The summed E-state index contributed by atoms with van der Waals surface area (Å²) in [5, 5.41) is 4.44. The van der Waals surface area contributed by atoms with Gasteiger partial charge < -0.3 is 14.4 Å². The van der Waals surface area contributed by atoms with Crippen molar-refractivity contribution in [2.75, 3.05) is 26.4 Å². The lowest BCUT2D eigenvalue weighted by atomic mass is 10.2. The molecule has 1 amide bonds. The fourth-order valence-electron chi connectivity index (χ4n) is 2.42. The van der Waals surface area contributed by atoms with Gasteiger partial charge in [0.15, 0.2) is 0 Å². The Labute approximate surface area is 137 Å². The van der Waals surface area contributed by atoms with E-state index in [0.717, 1.165) is 17.7 Å². The van der Waals surface area contributed by atoms with E-state index in [2.05, 4.69) is 24.7 Å². The van der Waals surface area contributed by atoms with Crippen LogP contribution in [0.4, 0.5) is 0 Å². The van der Waals surface area contributed by atoms with Gasteiger partial charge in [0, 0.05) is 19.2 Å². The SMILES string of the molecule is C=C/C(=C\CC)COc1cc2n(n1)CCN(C(=O)COCC)C2. The zero-order valence-electron chi connectivity index (χ0n) is 14.0. The van der Waals surface area contributed by atoms with Crippen LogP contribution in [0.1, 0.15) is 26.0 Å². The van der Waals surface area contributed by atoms with Crippen LogP contribution in [0.15, 0.2) is 30.4 Å². The quantitative estimate of drug-likeness (QED) is 0.689. The summed E-state index contributed by atoms with van der Waals surface area (Å²) in [5.74, 6) is 0.601. The van der Waals surface area contributed by atoms with Crippen LogP contribution in [0.5, 0.6) is 5.88 Å². The summed E-state index contributed by atoms with van der Waals surface area (Å²) in [4.78, 5) is 13.8. The van der Waals surface area contributed by atoms with Crippen molar-refractivity contribution in [3.05, 3.63) is 36.1 Å². The molecule has 2 heterocycles. The van der Waals surface area contributed by atoms with Gasteiger partial charge in [-0.1, -0.05) is 25.7 Å². The smallest absolute Gasteiger partial charge is 0.248 e. The van der Waals surface area contributed by atoms with Gasteiger partial charge in [-0.25, -0.2) is 0 Å². The van der Waals surface area contributed by atoms with E-state index < -0.39 is 0 Å². The summed E-state index contributed by atoms with van der Waals surface area (Å²) >= 11 is 0. The van der Waals surface area contributed by atoms with E-state index >= 15 is 0 Å². The van der Waals surface area contributed by atoms with E-state index in [4.69, 9.17) is 9.47 Å². The Bertz CT molecular complexity index is 578. The van der Waals surface area contributed by atoms with Crippen LogP contribution in [0.2, 0.25) is 0 Å². The molecule has 0 bridgehead atoms. The second kappa shape index (κ2) is 8.53. The average Bonchev–Trinajstić information content (AvgIpc) is 2.98. The molecule has 0 saturated carbocycles. The number of amides is 1. The van der Waals surface area contributed by atoms with E-state index in [-0.39, 0.29) is 12.5 Å². The summed E-state index contributed by atoms with van der Waals surface area (Å²) in [5.41, 5.74) is 2.03. The monoisotopic (exact) mass is 319 g/mol. The molecule has 0 radical (unpaired) electrons. The fourth-order valence-corrected chi connectivity index (χ4v) is 2.42. The lowest BCUT2D eigenvalue weighted by Gasteiger charge is -2.27. The summed E-state index contributed by atoms with van der Waals surface area (Å²) in [6.45, 7) is 10.7. The average molecular weight is 319 g/mol. The molecule has 0 unspecified atom stereocenters. The molecule has 0 fully saturated rings. The zero-order valence-corrected chi connectivity index (χ0v) is 14.0. The van der Waals surface area contributed by atoms with Gasteiger partial charge in [0.1, 0.15) is 13.2 Å². The molecule has 0 atom stereocenters. The van der Waals surface area contributed by atoms with Crippen LogP contribution in [-0.4, -0.2) is 47.0 Å². The molecule has 23 heavy (non-hydrogen) atoms. The summed E-state index contributed by atoms with van der Waals surface area (Å²) in [6.07, 6.45) is 4.83. The molecule has 0 aliphatic carbocycles. The largest absolute Gasteiger partial charge is 0.472 e. The minimum Gasteiger partial charge on any atom is -0.472 e. The normalized spacial score (nSPS) is 14.5. The number of hydrogen-bond donors (Lipinski definition) is 0. The highest BCUT2D eigenvalue weighted by atomic mass is 16.5. The van der Waals surface area contributed by atoms with Gasteiger partial charge in [0.05, 0.1) is 18.8 Å². The maximum Gasteiger partial charge on any atom is 0.248 e. The van der Waals surface area contributed by atoms with E-state index in [9.17, 15) is 4.79 Å². The highest BCUT2D eigenvalue weighted by molar-refractivity contribution is 5.77. The summed E-state index contributed by atoms with van der Waals surface area (Å²) in [7, 11) is 0. The van der Waals surface area contributed by atoms with Gasteiger partial charge in [-0.15, -0.1) is 5.10 Å². The molecule has 126 valence electrons. The Hall–Kier alpha value is -2.08. The lowest BCUT2D eigenvalue weighted by Crippen LogP contribution is -2.40. The van der Waals surface area contributed by atoms with Gasteiger partial charge in [0.25, 0.3) is 0 Å². The van der Waals surface area contributed by atoms with Crippen molar-refractivity contribution in [2.24, 2.45) is 0 Å². The molecule has 2 rings (SSSR count). The van der Waals surface area contributed by atoms with Crippen LogP contribution in [0.3, 0.4) is 0 Å². The van der Waals surface area contributed by atoms with Gasteiger partial charge in [-0.05, 0) is 18.9 Å². The van der Waals surface area contributed by atoms with Gasteiger partial charge in [-0.3, -0.25) is 9.48 Å². The third-order valence-corrected chi connectivity index (χ3v) is 3.67. The molecular formula is C17H25N3O3. The Morgan fingerprint density at radius 1 is 1.39 bits per heavy atom. The number of carbonyl (C=O) groups is 1.